The summed E-state index contributed by atoms with van der Waals surface area (Å²) in [6.07, 6.45) is 0.313. The maximum atomic E-state index is 12.8. The molecule has 3 aliphatic heterocycles. The monoisotopic (exact) mass is 390 g/mol. The van der Waals surface area contributed by atoms with Gasteiger partial charge in [0.2, 0.25) is 11.8 Å². The second-order valence-corrected chi connectivity index (χ2v) is 7.38. The minimum atomic E-state index is -0.994. The molecule has 2 saturated heterocycles. The van der Waals surface area contributed by atoms with Gasteiger partial charge in [0.15, 0.2) is 11.5 Å². The van der Waals surface area contributed by atoms with Crippen LogP contribution in [0.25, 0.3) is 0 Å². The predicted octanol–water partition coefficient (Wildman–Crippen LogP) is 0.561. The molecule has 9 nitrogen and oxygen atoms in total. The molecule has 3 heterocycles. The lowest BCUT2D eigenvalue weighted by Gasteiger charge is -2.28. The highest BCUT2D eigenvalue weighted by Crippen LogP contribution is 2.36. The number of carbonyl (C=O) groups excluding carboxylic acids is 2. The Morgan fingerprint density at radius 2 is 2.00 bits per heavy atom. The van der Waals surface area contributed by atoms with Gasteiger partial charge in [-0.2, -0.15) is 0 Å². The van der Waals surface area contributed by atoms with Gasteiger partial charge in [-0.15, -0.1) is 0 Å². The smallest absolute Gasteiger partial charge is 0.305 e. The van der Waals surface area contributed by atoms with E-state index in [0.29, 0.717) is 43.4 Å². The molecule has 1 aromatic rings. The van der Waals surface area contributed by atoms with Crippen LogP contribution in [0.15, 0.2) is 18.2 Å². The topological polar surface area (TPSA) is 114 Å². The summed E-state index contributed by atoms with van der Waals surface area (Å²) in [6.45, 7) is 1.73. The van der Waals surface area contributed by atoms with Gasteiger partial charge in [0.1, 0.15) is 13.2 Å². The molecular formula is C19H22N2O7. The minimum Gasteiger partial charge on any atom is -0.486 e. The van der Waals surface area contributed by atoms with E-state index in [1.54, 1.807) is 23.1 Å². The van der Waals surface area contributed by atoms with E-state index in [4.69, 9.17) is 19.3 Å². The first kappa shape index (κ1) is 18.5. The Morgan fingerprint density at radius 1 is 1.21 bits per heavy atom. The molecule has 9 heteroatoms. The molecule has 0 bridgehead atoms. The van der Waals surface area contributed by atoms with Crippen molar-refractivity contribution in [3.63, 3.8) is 0 Å². The summed E-state index contributed by atoms with van der Waals surface area (Å²) >= 11 is 0. The van der Waals surface area contributed by atoms with Gasteiger partial charge in [-0.25, -0.2) is 0 Å². The van der Waals surface area contributed by atoms with Crippen molar-refractivity contribution >= 4 is 23.5 Å². The lowest BCUT2D eigenvalue weighted by molar-refractivity contribution is -0.139. The highest BCUT2D eigenvalue weighted by molar-refractivity contribution is 6.00. The Labute approximate surface area is 161 Å². The zero-order valence-corrected chi connectivity index (χ0v) is 15.3. The summed E-state index contributed by atoms with van der Waals surface area (Å²) in [4.78, 5) is 38.0. The zero-order valence-electron chi connectivity index (χ0n) is 15.3. The van der Waals surface area contributed by atoms with Crippen LogP contribution < -0.4 is 19.7 Å². The molecule has 0 spiro atoms. The average Bonchev–Trinajstić information content (AvgIpc) is 3.27. The van der Waals surface area contributed by atoms with E-state index in [2.05, 4.69) is 5.32 Å². The molecule has 2 fully saturated rings. The first-order valence-electron chi connectivity index (χ1n) is 9.27. The fourth-order valence-corrected chi connectivity index (χ4v) is 3.88. The summed E-state index contributed by atoms with van der Waals surface area (Å²) in [6, 6.07) is 5.26. The number of nitrogens with one attached hydrogen (secondary N) is 1. The second-order valence-electron chi connectivity index (χ2n) is 7.38. The fourth-order valence-electron chi connectivity index (χ4n) is 3.88. The molecule has 150 valence electrons. The first-order valence-corrected chi connectivity index (χ1v) is 9.27. The van der Waals surface area contributed by atoms with Gasteiger partial charge in [-0.05, 0) is 18.6 Å². The number of carboxylic acid groups (broad SMARTS) is 1. The molecule has 2 atom stereocenters. The van der Waals surface area contributed by atoms with Gasteiger partial charge in [0, 0.05) is 31.3 Å². The van der Waals surface area contributed by atoms with Gasteiger partial charge < -0.3 is 29.5 Å². The maximum absolute atomic E-state index is 12.8. The van der Waals surface area contributed by atoms with E-state index in [1.165, 1.54) is 0 Å². The van der Waals surface area contributed by atoms with Crippen LogP contribution in [0.4, 0.5) is 5.69 Å². The van der Waals surface area contributed by atoms with Gasteiger partial charge in [-0.3, -0.25) is 14.4 Å². The van der Waals surface area contributed by atoms with Crippen molar-refractivity contribution < 1.29 is 33.7 Å². The molecule has 0 saturated carbocycles. The Morgan fingerprint density at radius 3 is 2.71 bits per heavy atom. The molecular weight excluding hydrogens is 368 g/mol. The number of carboxylic acids is 1. The molecule has 2 unspecified atom stereocenters. The Hall–Kier alpha value is -2.81. The molecule has 0 aromatic heterocycles. The lowest BCUT2D eigenvalue weighted by atomic mass is 9.93. The summed E-state index contributed by atoms with van der Waals surface area (Å²) in [5.41, 5.74) is -0.259. The third-order valence-electron chi connectivity index (χ3n) is 5.31. The second kappa shape index (κ2) is 7.31. The molecule has 2 amide bonds. The normalized spacial score (nSPS) is 26.4. The Balaban J connectivity index is 1.45. The van der Waals surface area contributed by atoms with Crippen LogP contribution in [0.1, 0.15) is 19.3 Å². The zero-order chi connectivity index (χ0) is 19.7. The molecule has 28 heavy (non-hydrogen) atoms. The third-order valence-corrected chi connectivity index (χ3v) is 5.31. The number of rotatable bonds is 5. The number of benzene rings is 1. The van der Waals surface area contributed by atoms with Crippen molar-refractivity contribution in [2.75, 3.05) is 37.9 Å². The standard InChI is InChI=1S/C19H22N2O7/c22-16-7-12(18(25)20-19(9-17(23)24)3-4-26-11-19)10-21(16)13-1-2-14-15(8-13)28-6-5-27-14/h1-2,8,12H,3-7,9-11H2,(H,20,25)(H,23,24). The number of fused-ring (bicyclic) bond motifs is 1. The number of aliphatic carboxylic acids is 1. The Kier molecular flexibility index (Phi) is 4.84. The van der Waals surface area contributed by atoms with Gasteiger partial charge in [0.25, 0.3) is 0 Å². The van der Waals surface area contributed by atoms with Crippen molar-refractivity contribution in [1.29, 1.82) is 0 Å². The summed E-state index contributed by atoms with van der Waals surface area (Å²) in [5.74, 6) is -0.814. The number of hydrogen-bond donors (Lipinski definition) is 2. The predicted molar refractivity (Wildman–Crippen MR) is 96.5 cm³/mol. The van der Waals surface area contributed by atoms with Gasteiger partial charge in [-0.1, -0.05) is 0 Å². The summed E-state index contributed by atoms with van der Waals surface area (Å²) < 4.78 is 16.4. The van der Waals surface area contributed by atoms with Crippen LogP contribution in [0.2, 0.25) is 0 Å². The molecule has 0 radical (unpaired) electrons. The van der Waals surface area contributed by atoms with E-state index in [9.17, 15) is 14.4 Å². The SMILES string of the molecule is O=C(O)CC1(NC(=O)C2CC(=O)N(c3ccc4c(c3)OCCO4)C2)CCOC1. The van der Waals surface area contributed by atoms with Crippen LogP contribution in [-0.2, 0) is 19.1 Å². The lowest BCUT2D eigenvalue weighted by Crippen LogP contribution is -2.52. The quantitative estimate of drug-likeness (QED) is 0.755. The Bertz CT molecular complexity index is 803. The molecule has 1 aromatic carbocycles. The van der Waals surface area contributed by atoms with Crippen LogP contribution in [0.3, 0.4) is 0 Å². The average molecular weight is 390 g/mol. The van der Waals surface area contributed by atoms with Crippen LogP contribution in [0.5, 0.6) is 11.5 Å². The third kappa shape index (κ3) is 3.62. The highest BCUT2D eigenvalue weighted by atomic mass is 16.6. The van der Waals surface area contributed by atoms with E-state index in [0.717, 1.165) is 0 Å². The van der Waals surface area contributed by atoms with E-state index in [1.807, 2.05) is 0 Å². The largest absolute Gasteiger partial charge is 0.486 e. The number of hydrogen-bond acceptors (Lipinski definition) is 6. The fraction of sp³-hybridized carbons (Fsp3) is 0.526. The van der Waals surface area contributed by atoms with E-state index < -0.39 is 17.4 Å². The van der Waals surface area contributed by atoms with Crippen molar-refractivity contribution in [3.8, 4) is 11.5 Å². The van der Waals surface area contributed by atoms with Crippen LogP contribution >= 0.6 is 0 Å². The van der Waals surface area contributed by atoms with Crippen LogP contribution in [-0.4, -0.2) is 61.4 Å². The van der Waals surface area contributed by atoms with E-state index >= 15 is 0 Å². The van der Waals surface area contributed by atoms with Crippen LogP contribution in [0, 0.1) is 5.92 Å². The number of carbonyl (C=O) groups is 3. The number of anilines is 1. The molecule has 4 rings (SSSR count). The molecule has 0 aliphatic carbocycles. The molecule has 3 aliphatic rings. The minimum absolute atomic E-state index is 0.0737. The maximum Gasteiger partial charge on any atom is 0.305 e. The van der Waals surface area contributed by atoms with Gasteiger partial charge >= 0.3 is 5.97 Å². The molecule has 2 N–H and O–H groups in total. The number of ether oxygens (including phenoxy) is 3. The van der Waals surface area contributed by atoms with Crippen molar-refractivity contribution in [3.05, 3.63) is 18.2 Å². The first-order chi connectivity index (χ1) is 13.5. The van der Waals surface area contributed by atoms with Crippen molar-refractivity contribution in [1.82, 2.24) is 5.32 Å². The number of amides is 2. The summed E-state index contributed by atoms with van der Waals surface area (Å²) in [5, 5.41) is 12.0. The van der Waals surface area contributed by atoms with Crippen molar-refractivity contribution in [2.24, 2.45) is 5.92 Å². The van der Waals surface area contributed by atoms with Crippen molar-refractivity contribution in [2.45, 2.75) is 24.8 Å². The summed E-state index contributed by atoms with van der Waals surface area (Å²) in [7, 11) is 0. The van der Waals surface area contributed by atoms with E-state index in [-0.39, 0.29) is 37.8 Å². The van der Waals surface area contributed by atoms with Gasteiger partial charge in [0.05, 0.1) is 24.5 Å². The highest BCUT2D eigenvalue weighted by Gasteiger charge is 2.42. The number of nitrogens with zero attached hydrogens (tertiary/aromatic N) is 1.